The Morgan fingerprint density at radius 3 is 2.53 bits per heavy atom. The van der Waals surface area contributed by atoms with Crippen LogP contribution in [0.1, 0.15) is 43.7 Å². The summed E-state index contributed by atoms with van der Waals surface area (Å²) >= 11 is 1.83. The first-order valence-electron chi connectivity index (χ1n) is 7.22. The first-order chi connectivity index (χ1) is 9.02. The molecule has 1 saturated heterocycles. The number of nitrogens with zero attached hydrogens (tertiary/aromatic N) is 1. The van der Waals surface area contributed by atoms with Crippen molar-refractivity contribution in [2.24, 2.45) is 5.73 Å². The number of hydrogen-bond acceptors (Lipinski definition) is 4. The number of morpholine rings is 1. The van der Waals surface area contributed by atoms with Crippen LogP contribution in [-0.4, -0.2) is 36.2 Å². The first-order valence-corrected chi connectivity index (χ1v) is 8.10. The summed E-state index contributed by atoms with van der Waals surface area (Å²) in [5, 5.41) is 2.17. The van der Waals surface area contributed by atoms with Crippen LogP contribution in [0.4, 0.5) is 0 Å². The van der Waals surface area contributed by atoms with Gasteiger partial charge in [-0.2, -0.15) is 0 Å². The van der Waals surface area contributed by atoms with Crippen molar-refractivity contribution in [1.29, 1.82) is 0 Å². The van der Waals surface area contributed by atoms with E-state index in [4.69, 9.17) is 10.5 Å². The normalized spacial score (nSPS) is 28.3. The number of nitrogens with two attached hydrogens (primary N) is 1. The van der Waals surface area contributed by atoms with Crippen LogP contribution in [0, 0.1) is 6.92 Å². The highest BCUT2D eigenvalue weighted by atomic mass is 32.1. The fourth-order valence-corrected chi connectivity index (χ4v) is 4.12. The van der Waals surface area contributed by atoms with Crippen LogP contribution < -0.4 is 5.73 Å². The quantitative estimate of drug-likeness (QED) is 0.923. The van der Waals surface area contributed by atoms with E-state index in [9.17, 15) is 0 Å². The molecule has 1 aliphatic rings. The molecule has 3 nitrogen and oxygen atoms in total. The summed E-state index contributed by atoms with van der Waals surface area (Å²) in [5.41, 5.74) is 7.79. The molecular formula is C15H26N2OS. The number of hydrogen-bond donors (Lipinski definition) is 1. The monoisotopic (exact) mass is 282 g/mol. The highest BCUT2D eigenvalue weighted by Gasteiger charge is 2.33. The van der Waals surface area contributed by atoms with Crippen LogP contribution in [0.25, 0.3) is 0 Å². The zero-order valence-corrected chi connectivity index (χ0v) is 13.2. The van der Waals surface area contributed by atoms with E-state index in [0.717, 1.165) is 19.5 Å². The van der Waals surface area contributed by atoms with Crippen molar-refractivity contribution in [3.05, 3.63) is 21.9 Å². The van der Waals surface area contributed by atoms with Gasteiger partial charge in [0.2, 0.25) is 0 Å². The maximum absolute atomic E-state index is 6.42. The van der Waals surface area contributed by atoms with Crippen molar-refractivity contribution in [2.75, 3.05) is 13.1 Å². The number of aryl methyl sites for hydroxylation is 1. The smallest absolute Gasteiger partial charge is 0.0678 e. The van der Waals surface area contributed by atoms with E-state index >= 15 is 0 Å². The van der Waals surface area contributed by atoms with E-state index in [1.807, 2.05) is 11.3 Å². The highest BCUT2D eigenvalue weighted by Crippen LogP contribution is 2.33. The summed E-state index contributed by atoms with van der Waals surface area (Å²) < 4.78 is 5.85. The van der Waals surface area contributed by atoms with Gasteiger partial charge in [0.25, 0.3) is 0 Å². The molecule has 4 atom stereocenters. The number of thiophene rings is 1. The molecule has 1 aliphatic heterocycles. The lowest BCUT2D eigenvalue weighted by atomic mass is 9.99. The second-order valence-electron chi connectivity index (χ2n) is 5.70. The summed E-state index contributed by atoms with van der Waals surface area (Å²) in [4.78, 5) is 3.95. The van der Waals surface area contributed by atoms with Gasteiger partial charge in [-0.15, -0.1) is 11.3 Å². The molecule has 4 heteroatoms. The predicted molar refractivity (Wildman–Crippen MR) is 81.6 cm³/mol. The molecule has 2 rings (SSSR count). The third-order valence-corrected chi connectivity index (χ3v) is 4.98. The average molecular weight is 282 g/mol. The van der Waals surface area contributed by atoms with Crippen LogP contribution in [0.2, 0.25) is 0 Å². The Morgan fingerprint density at radius 2 is 2.05 bits per heavy atom. The van der Waals surface area contributed by atoms with E-state index in [2.05, 4.69) is 44.0 Å². The van der Waals surface area contributed by atoms with Crippen molar-refractivity contribution in [3.63, 3.8) is 0 Å². The number of ether oxygens (including phenoxy) is 1. The van der Waals surface area contributed by atoms with Gasteiger partial charge in [0.15, 0.2) is 0 Å². The Morgan fingerprint density at radius 1 is 1.42 bits per heavy atom. The van der Waals surface area contributed by atoms with Crippen molar-refractivity contribution in [3.8, 4) is 0 Å². The molecule has 2 N–H and O–H groups in total. The second kappa shape index (κ2) is 6.35. The highest BCUT2D eigenvalue weighted by molar-refractivity contribution is 7.10. The van der Waals surface area contributed by atoms with E-state index < -0.39 is 0 Å². The van der Waals surface area contributed by atoms with Gasteiger partial charge >= 0.3 is 0 Å². The fourth-order valence-electron chi connectivity index (χ4n) is 2.99. The zero-order valence-electron chi connectivity index (χ0n) is 12.4. The molecule has 1 aromatic heterocycles. The molecule has 0 aromatic carbocycles. The van der Waals surface area contributed by atoms with E-state index in [1.165, 1.54) is 10.4 Å². The maximum Gasteiger partial charge on any atom is 0.0678 e. The molecule has 0 saturated carbocycles. The molecule has 0 bridgehead atoms. The molecule has 1 fully saturated rings. The van der Waals surface area contributed by atoms with E-state index in [-0.39, 0.29) is 18.2 Å². The Labute approximate surface area is 120 Å². The predicted octanol–water partition coefficient (Wildman–Crippen LogP) is 2.94. The van der Waals surface area contributed by atoms with Crippen molar-refractivity contribution in [1.82, 2.24) is 4.90 Å². The molecule has 19 heavy (non-hydrogen) atoms. The van der Waals surface area contributed by atoms with Gasteiger partial charge in [-0.1, -0.05) is 6.92 Å². The van der Waals surface area contributed by atoms with Gasteiger partial charge in [0.1, 0.15) is 0 Å². The average Bonchev–Trinajstić information content (AvgIpc) is 2.74. The molecule has 4 unspecified atom stereocenters. The van der Waals surface area contributed by atoms with E-state index in [0.29, 0.717) is 6.04 Å². The lowest BCUT2D eigenvalue weighted by Crippen LogP contribution is -2.51. The standard InChI is InChI=1S/C15H26N2OS/c1-5-13(16)14(15-10(2)6-7-19-15)17-8-11(3)18-12(4)9-17/h6-7,11-14H,5,8-9,16H2,1-4H3. The summed E-state index contributed by atoms with van der Waals surface area (Å²) in [6, 6.07) is 2.72. The minimum absolute atomic E-state index is 0.190. The molecule has 0 radical (unpaired) electrons. The van der Waals surface area contributed by atoms with Crippen LogP contribution in [0.5, 0.6) is 0 Å². The molecule has 0 aliphatic carbocycles. The van der Waals surface area contributed by atoms with Crippen molar-refractivity contribution in [2.45, 2.75) is 58.4 Å². The maximum atomic E-state index is 6.42. The lowest BCUT2D eigenvalue weighted by molar-refractivity contribution is -0.0834. The van der Waals surface area contributed by atoms with Crippen LogP contribution in [0.15, 0.2) is 11.4 Å². The Hall–Kier alpha value is -0.420. The third-order valence-electron chi connectivity index (χ3n) is 3.89. The third kappa shape index (κ3) is 3.37. The molecular weight excluding hydrogens is 256 g/mol. The summed E-state index contributed by atoms with van der Waals surface area (Å²) in [7, 11) is 0. The lowest BCUT2D eigenvalue weighted by Gasteiger charge is -2.42. The number of rotatable bonds is 4. The van der Waals surface area contributed by atoms with Crippen LogP contribution in [-0.2, 0) is 4.74 Å². The van der Waals surface area contributed by atoms with Gasteiger partial charge in [-0.25, -0.2) is 0 Å². The molecule has 0 spiro atoms. The molecule has 1 aromatic rings. The Balaban J connectivity index is 2.25. The first kappa shape index (κ1) is 15.0. The SMILES string of the molecule is CCC(N)C(c1sccc1C)N1CC(C)OC(C)C1. The summed E-state index contributed by atoms with van der Waals surface area (Å²) in [6.07, 6.45) is 1.58. The minimum atomic E-state index is 0.190. The van der Waals surface area contributed by atoms with Gasteiger partial charge < -0.3 is 10.5 Å². The second-order valence-corrected chi connectivity index (χ2v) is 6.64. The minimum Gasteiger partial charge on any atom is -0.373 e. The van der Waals surface area contributed by atoms with Crippen LogP contribution in [0.3, 0.4) is 0 Å². The molecule has 2 heterocycles. The van der Waals surface area contributed by atoms with Crippen molar-refractivity contribution < 1.29 is 4.74 Å². The molecule has 108 valence electrons. The fraction of sp³-hybridized carbons (Fsp3) is 0.733. The van der Waals surface area contributed by atoms with Crippen LogP contribution >= 0.6 is 11.3 Å². The summed E-state index contributed by atoms with van der Waals surface area (Å²) in [6.45, 7) is 10.6. The Bertz CT molecular complexity index is 397. The largest absolute Gasteiger partial charge is 0.373 e. The van der Waals surface area contributed by atoms with E-state index in [1.54, 1.807) is 0 Å². The van der Waals surface area contributed by atoms with Gasteiger partial charge in [0.05, 0.1) is 18.2 Å². The topological polar surface area (TPSA) is 38.5 Å². The van der Waals surface area contributed by atoms with Gasteiger partial charge in [0, 0.05) is 24.0 Å². The Kier molecular flexibility index (Phi) is 5.01. The summed E-state index contributed by atoms with van der Waals surface area (Å²) in [5.74, 6) is 0. The molecule has 0 amide bonds. The zero-order chi connectivity index (χ0) is 14.0. The van der Waals surface area contributed by atoms with Gasteiger partial charge in [-0.05, 0) is 44.2 Å². The van der Waals surface area contributed by atoms with Crippen molar-refractivity contribution >= 4 is 11.3 Å². The van der Waals surface area contributed by atoms with Gasteiger partial charge in [-0.3, -0.25) is 4.90 Å².